The molecule has 0 aromatic heterocycles. The fourth-order valence-electron chi connectivity index (χ4n) is 5.62. The molecule has 4 unspecified atom stereocenters. The average molecular weight is 432 g/mol. The zero-order chi connectivity index (χ0) is 21.8. The number of ether oxygens (including phenoxy) is 4. The Morgan fingerprint density at radius 3 is 1.53 bits per heavy atom. The molecule has 3 aromatic carbocycles. The molecule has 8 nitrogen and oxygen atoms in total. The summed E-state index contributed by atoms with van der Waals surface area (Å²) >= 11 is 0. The largest absolute Gasteiger partial charge is 0.492 e. The zero-order valence-corrected chi connectivity index (χ0v) is 17.3. The van der Waals surface area contributed by atoms with Crippen LogP contribution in [0.15, 0.2) is 48.5 Å². The zero-order valence-electron chi connectivity index (χ0n) is 17.3. The van der Waals surface area contributed by atoms with Crippen LogP contribution in [0, 0.1) is 0 Å². The topological polar surface area (TPSA) is 101 Å². The van der Waals surface area contributed by atoms with E-state index in [9.17, 15) is 10.2 Å². The van der Waals surface area contributed by atoms with E-state index in [4.69, 9.17) is 18.9 Å². The maximum Gasteiger partial charge on any atom is 0.208 e. The molecule has 4 N–H and O–H groups in total. The Bertz CT molecular complexity index is 1220. The van der Waals surface area contributed by atoms with Gasteiger partial charge in [-0.15, -0.1) is 0 Å². The van der Waals surface area contributed by atoms with Crippen molar-refractivity contribution in [3.63, 3.8) is 0 Å². The van der Waals surface area contributed by atoms with Gasteiger partial charge in [0.15, 0.2) is 34.2 Å². The van der Waals surface area contributed by atoms with Crippen LogP contribution in [0.2, 0.25) is 0 Å². The first kappa shape index (κ1) is 18.0. The van der Waals surface area contributed by atoms with Gasteiger partial charge in [0.05, 0.1) is 25.3 Å². The van der Waals surface area contributed by atoms with Gasteiger partial charge in [-0.1, -0.05) is 36.4 Å². The highest BCUT2D eigenvalue weighted by atomic mass is 16.6. The molecule has 0 spiro atoms. The molecule has 0 fully saturated rings. The number of para-hydroxylation sites is 2. The summed E-state index contributed by atoms with van der Waals surface area (Å²) in [4.78, 5) is 0. The van der Waals surface area contributed by atoms with Gasteiger partial charge in [-0.2, -0.15) is 0 Å². The van der Waals surface area contributed by atoms with E-state index < -0.39 is 23.7 Å². The van der Waals surface area contributed by atoms with Gasteiger partial charge in [0.25, 0.3) is 0 Å². The number of anilines is 2. The second-order valence-corrected chi connectivity index (χ2v) is 8.38. The summed E-state index contributed by atoms with van der Waals surface area (Å²) in [7, 11) is 3.02. The van der Waals surface area contributed by atoms with Crippen molar-refractivity contribution in [2.24, 2.45) is 0 Å². The van der Waals surface area contributed by atoms with E-state index in [2.05, 4.69) is 10.6 Å². The molecule has 0 saturated heterocycles. The van der Waals surface area contributed by atoms with Gasteiger partial charge in [0.2, 0.25) is 12.5 Å². The Morgan fingerprint density at radius 2 is 1.12 bits per heavy atom. The summed E-state index contributed by atoms with van der Waals surface area (Å²) in [6, 6.07) is 15.0. The first-order valence-corrected chi connectivity index (χ1v) is 10.4. The summed E-state index contributed by atoms with van der Waals surface area (Å²) in [6.45, 7) is 0. The maximum atomic E-state index is 12.0. The van der Waals surface area contributed by atoms with E-state index in [1.54, 1.807) is 0 Å². The number of nitrogens with one attached hydrogen (secondary N) is 2. The van der Waals surface area contributed by atoms with Crippen molar-refractivity contribution in [3.8, 4) is 23.0 Å². The molecule has 0 radical (unpaired) electrons. The molecule has 0 bridgehead atoms. The van der Waals surface area contributed by atoms with Gasteiger partial charge in [-0.05, 0) is 12.1 Å². The Morgan fingerprint density at radius 1 is 0.719 bits per heavy atom. The molecule has 4 aliphatic heterocycles. The molecule has 0 saturated carbocycles. The van der Waals surface area contributed by atoms with Crippen LogP contribution >= 0.6 is 0 Å². The van der Waals surface area contributed by atoms with Crippen molar-refractivity contribution in [3.05, 3.63) is 70.8 Å². The van der Waals surface area contributed by atoms with Gasteiger partial charge < -0.3 is 39.8 Å². The van der Waals surface area contributed by atoms with E-state index in [0.29, 0.717) is 45.3 Å². The smallest absolute Gasteiger partial charge is 0.208 e. The van der Waals surface area contributed by atoms with Crippen molar-refractivity contribution in [2.75, 3.05) is 24.9 Å². The summed E-state index contributed by atoms with van der Waals surface area (Å²) in [6.07, 6.45) is -1.56. The molecule has 7 rings (SSSR count). The number of methoxy groups -OCH3 is 2. The Labute approximate surface area is 183 Å². The lowest BCUT2D eigenvalue weighted by atomic mass is 9.82. The predicted molar refractivity (Wildman–Crippen MR) is 115 cm³/mol. The Balaban J connectivity index is 1.55. The quantitative estimate of drug-likeness (QED) is 0.490. The second kappa shape index (κ2) is 5.59. The van der Waals surface area contributed by atoms with Crippen LogP contribution in [0.25, 0.3) is 0 Å². The highest BCUT2D eigenvalue weighted by Gasteiger charge is 2.63. The molecule has 162 valence electrons. The summed E-state index contributed by atoms with van der Waals surface area (Å²) < 4.78 is 24.1. The van der Waals surface area contributed by atoms with Gasteiger partial charge in [-0.25, -0.2) is 0 Å². The van der Waals surface area contributed by atoms with Crippen molar-refractivity contribution in [1.29, 1.82) is 0 Å². The third-order valence-electron chi connectivity index (χ3n) is 6.97. The normalized spacial score (nSPS) is 29.2. The lowest BCUT2D eigenvalue weighted by molar-refractivity contribution is 0.0120. The van der Waals surface area contributed by atoms with Crippen molar-refractivity contribution in [2.45, 2.75) is 23.7 Å². The molecular formula is C24H20N2O6. The number of aliphatic hydroxyl groups is 2. The first-order valence-electron chi connectivity index (χ1n) is 10.4. The highest BCUT2D eigenvalue weighted by molar-refractivity contribution is 5.81. The standard InChI is InChI=1S/C24H20N2O6/c1-29-17-15-20(32-21-23(15,27)11-7-3-5-9-13(11)25-21)18(30-2)16-19(17)31-22-24(16,28)12-8-4-6-10-14(12)26-22/h3-10,21-22,25-28H,1-2H3. The molecule has 4 heterocycles. The molecule has 8 heteroatoms. The minimum atomic E-state index is -1.52. The summed E-state index contributed by atoms with van der Waals surface area (Å²) in [5, 5.41) is 30.4. The monoisotopic (exact) mass is 432 g/mol. The van der Waals surface area contributed by atoms with E-state index in [1.807, 2.05) is 48.5 Å². The van der Waals surface area contributed by atoms with E-state index in [1.165, 1.54) is 14.2 Å². The lowest BCUT2D eigenvalue weighted by Gasteiger charge is -2.25. The SMILES string of the molecule is COc1c2c(c(OC)c3c1C1(O)c4ccccc4NC1O3)C1(O)c3ccccc3NC1O2. The Hall–Kier alpha value is -3.62. The second-order valence-electron chi connectivity index (χ2n) is 8.38. The van der Waals surface area contributed by atoms with Gasteiger partial charge in [0, 0.05) is 22.5 Å². The van der Waals surface area contributed by atoms with Gasteiger partial charge in [-0.3, -0.25) is 0 Å². The number of benzene rings is 3. The van der Waals surface area contributed by atoms with E-state index >= 15 is 0 Å². The van der Waals surface area contributed by atoms with Crippen LogP contribution in [0.4, 0.5) is 11.4 Å². The van der Waals surface area contributed by atoms with Gasteiger partial charge >= 0.3 is 0 Å². The lowest BCUT2D eigenvalue weighted by Crippen LogP contribution is -2.39. The van der Waals surface area contributed by atoms with Crippen molar-refractivity contribution in [1.82, 2.24) is 0 Å². The minimum Gasteiger partial charge on any atom is -0.492 e. The van der Waals surface area contributed by atoms with Gasteiger partial charge in [0.1, 0.15) is 0 Å². The van der Waals surface area contributed by atoms with Crippen LogP contribution in [0.1, 0.15) is 22.3 Å². The predicted octanol–water partition coefficient (Wildman–Crippen LogP) is 2.46. The molecule has 32 heavy (non-hydrogen) atoms. The summed E-state index contributed by atoms with van der Waals surface area (Å²) in [5.41, 5.74) is 0.681. The van der Waals surface area contributed by atoms with Crippen LogP contribution < -0.4 is 29.6 Å². The number of hydrogen-bond donors (Lipinski definition) is 4. The van der Waals surface area contributed by atoms with Crippen LogP contribution in [-0.2, 0) is 11.2 Å². The van der Waals surface area contributed by atoms with Crippen molar-refractivity contribution >= 4 is 11.4 Å². The Kier molecular flexibility index (Phi) is 3.14. The van der Waals surface area contributed by atoms with E-state index in [0.717, 1.165) is 11.4 Å². The molecule has 4 atom stereocenters. The molecule has 3 aromatic rings. The third kappa shape index (κ3) is 1.76. The minimum absolute atomic E-state index is 0.307. The number of rotatable bonds is 2. The molecule has 0 amide bonds. The van der Waals surface area contributed by atoms with Crippen LogP contribution in [0.3, 0.4) is 0 Å². The van der Waals surface area contributed by atoms with E-state index in [-0.39, 0.29) is 0 Å². The number of hydrogen-bond acceptors (Lipinski definition) is 8. The van der Waals surface area contributed by atoms with Crippen molar-refractivity contribution < 1.29 is 29.2 Å². The third-order valence-corrected chi connectivity index (χ3v) is 6.97. The molecular weight excluding hydrogens is 412 g/mol. The fourth-order valence-corrected chi connectivity index (χ4v) is 5.62. The summed E-state index contributed by atoms with van der Waals surface area (Å²) in [5.74, 6) is 1.25. The highest BCUT2D eigenvalue weighted by Crippen LogP contribution is 2.67. The fraction of sp³-hybridized carbons (Fsp3) is 0.250. The maximum absolute atomic E-state index is 12.0. The number of fused-ring (bicyclic) bond motifs is 10. The van der Waals surface area contributed by atoms with Crippen LogP contribution in [0.5, 0.6) is 23.0 Å². The average Bonchev–Trinajstić information content (AvgIpc) is 3.45. The first-order chi connectivity index (χ1) is 15.5. The molecule has 0 aliphatic carbocycles. The van der Waals surface area contributed by atoms with Crippen LogP contribution in [-0.4, -0.2) is 36.9 Å². The molecule has 4 aliphatic rings.